The quantitative estimate of drug-likeness (QED) is 0.760. The number of carbonyl (C=O) groups excluding carboxylic acids is 1. The van der Waals surface area contributed by atoms with Crippen LogP contribution in [0.5, 0.6) is 5.75 Å². The van der Waals surface area contributed by atoms with Gasteiger partial charge < -0.3 is 19.9 Å². The van der Waals surface area contributed by atoms with Gasteiger partial charge in [-0.2, -0.15) is 0 Å². The van der Waals surface area contributed by atoms with Gasteiger partial charge in [-0.15, -0.1) is 0 Å². The van der Waals surface area contributed by atoms with Gasteiger partial charge in [0.25, 0.3) is 5.91 Å². The maximum atomic E-state index is 12.6. The zero-order valence-electron chi connectivity index (χ0n) is 17.7. The van der Waals surface area contributed by atoms with Crippen LogP contribution in [0.2, 0.25) is 5.02 Å². The molecule has 6 heteroatoms. The number of hydrogen-bond donors (Lipinski definition) is 2. The number of aryl methyl sites for hydroxylation is 1. The summed E-state index contributed by atoms with van der Waals surface area (Å²) in [4.78, 5) is 16.5. The van der Waals surface area contributed by atoms with Gasteiger partial charge in [-0.05, 0) is 48.2 Å². The Kier molecular flexibility index (Phi) is 7.04. The Morgan fingerprint density at radius 3 is 2.62 bits per heavy atom. The lowest BCUT2D eigenvalue weighted by Crippen LogP contribution is -3.12. The van der Waals surface area contributed by atoms with Crippen LogP contribution in [0.25, 0.3) is 0 Å². The van der Waals surface area contributed by atoms with Crippen molar-refractivity contribution in [3.8, 4) is 5.75 Å². The number of rotatable bonds is 6. The number of hydrogen-bond acceptors (Lipinski definition) is 3. The van der Waals surface area contributed by atoms with Crippen molar-refractivity contribution >= 4 is 28.9 Å². The molecule has 3 rings (SSSR count). The zero-order chi connectivity index (χ0) is 21.0. The number of piperazine rings is 1. The van der Waals surface area contributed by atoms with Crippen molar-refractivity contribution < 1.29 is 14.4 Å². The Morgan fingerprint density at radius 1 is 1.21 bits per heavy atom. The molecule has 156 valence electrons. The first-order chi connectivity index (χ1) is 13.8. The standard InChI is InChI=1S/C23H30ClN3O2/c1-16(2)19-7-5-17(3)13-22(19)29-15-23(28)25-20-14-18(24)6-8-21(20)27-11-9-26(4)10-12-27/h5-8,13-14,16H,9-12,15H2,1-4H3,(H,25,28)/p+1. The summed E-state index contributed by atoms with van der Waals surface area (Å²) in [5.74, 6) is 0.903. The largest absolute Gasteiger partial charge is 0.483 e. The fourth-order valence-corrected chi connectivity index (χ4v) is 3.76. The molecule has 0 aliphatic carbocycles. The van der Waals surface area contributed by atoms with E-state index in [1.807, 2.05) is 31.2 Å². The Bertz CT molecular complexity index is 861. The van der Waals surface area contributed by atoms with Crippen LogP contribution < -0.4 is 19.9 Å². The predicted molar refractivity (Wildman–Crippen MR) is 120 cm³/mol. The van der Waals surface area contributed by atoms with Gasteiger partial charge in [-0.25, -0.2) is 0 Å². The predicted octanol–water partition coefficient (Wildman–Crippen LogP) is 3.12. The first-order valence-corrected chi connectivity index (χ1v) is 10.6. The number of amides is 1. The molecule has 1 saturated heterocycles. The molecule has 2 aromatic carbocycles. The van der Waals surface area contributed by atoms with Crippen molar-refractivity contribution in [2.24, 2.45) is 0 Å². The minimum atomic E-state index is -0.190. The number of anilines is 2. The van der Waals surface area contributed by atoms with Crippen molar-refractivity contribution in [2.45, 2.75) is 26.7 Å². The highest BCUT2D eigenvalue weighted by molar-refractivity contribution is 6.31. The van der Waals surface area contributed by atoms with Gasteiger partial charge in [-0.3, -0.25) is 4.79 Å². The molecule has 5 nitrogen and oxygen atoms in total. The van der Waals surface area contributed by atoms with E-state index in [0.29, 0.717) is 10.9 Å². The van der Waals surface area contributed by atoms with Crippen LogP contribution in [-0.2, 0) is 4.79 Å². The Morgan fingerprint density at radius 2 is 1.93 bits per heavy atom. The smallest absolute Gasteiger partial charge is 0.262 e. The Balaban J connectivity index is 1.70. The second-order valence-electron chi connectivity index (χ2n) is 8.14. The van der Waals surface area contributed by atoms with E-state index in [-0.39, 0.29) is 12.5 Å². The molecular formula is C23H31ClN3O2+. The number of likely N-dealkylation sites (N-methyl/N-ethyl adjacent to an activating group) is 1. The molecule has 1 aliphatic heterocycles. The molecule has 0 spiro atoms. The minimum absolute atomic E-state index is 0.0397. The summed E-state index contributed by atoms with van der Waals surface area (Å²) >= 11 is 6.20. The topological polar surface area (TPSA) is 46.0 Å². The molecule has 0 saturated carbocycles. The van der Waals surface area contributed by atoms with Crippen molar-refractivity contribution in [3.05, 3.63) is 52.5 Å². The molecule has 2 aromatic rings. The van der Waals surface area contributed by atoms with Gasteiger partial charge in [-0.1, -0.05) is 37.6 Å². The highest BCUT2D eigenvalue weighted by Crippen LogP contribution is 2.30. The van der Waals surface area contributed by atoms with Crippen molar-refractivity contribution in [1.29, 1.82) is 0 Å². The normalized spacial score (nSPS) is 14.9. The average Bonchev–Trinajstić information content (AvgIpc) is 2.67. The maximum Gasteiger partial charge on any atom is 0.262 e. The van der Waals surface area contributed by atoms with Crippen LogP contribution >= 0.6 is 11.6 Å². The molecule has 0 atom stereocenters. The molecule has 1 amide bonds. The molecule has 0 aromatic heterocycles. The lowest BCUT2D eigenvalue weighted by atomic mass is 10.0. The van der Waals surface area contributed by atoms with Gasteiger partial charge in [0.1, 0.15) is 5.75 Å². The van der Waals surface area contributed by atoms with Gasteiger partial charge in [0.15, 0.2) is 6.61 Å². The summed E-state index contributed by atoms with van der Waals surface area (Å²) in [5.41, 5.74) is 3.96. The average molecular weight is 417 g/mol. The van der Waals surface area contributed by atoms with Crippen LogP contribution in [-0.4, -0.2) is 45.7 Å². The van der Waals surface area contributed by atoms with Gasteiger partial charge in [0.05, 0.1) is 44.6 Å². The Labute approximate surface area is 178 Å². The summed E-state index contributed by atoms with van der Waals surface area (Å²) in [6.07, 6.45) is 0. The van der Waals surface area contributed by atoms with Crippen LogP contribution in [0.15, 0.2) is 36.4 Å². The summed E-state index contributed by atoms with van der Waals surface area (Å²) in [7, 11) is 2.20. The number of halogens is 1. The van der Waals surface area contributed by atoms with E-state index < -0.39 is 0 Å². The van der Waals surface area contributed by atoms with Crippen LogP contribution in [0.3, 0.4) is 0 Å². The molecule has 1 fully saturated rings. The van der Waals surface area contributed by atoms with Gasteiger partial charge in [0.2, 0.25) is 0 Å². The zero-order valence-corrected chi connectivity index (χ0v) is 18.5. The molecular weight excluding hydrogens is 386 g/mol. The second kappa shape index (κ2) is 9.51. The van der Waals surface area contributed by atoms with E-state index >= 15 is 0 Å². The van der Waals surface area contributed by atoms with E-state index in [1.165, 1.54) is 4.90 Å². The van der Waals surface area contributed by atoms with Crippen LogP contribution in [0.4, 0.5) is 11.4 Å². The highest BCUT2D eigenvalue weighted by Gasteiger charge is 2.20. The van der Waals surface area contributed by atoms with Crippen molar-refractivity contribution in [2.75, 3.05) is 50.1 Å². The van der Waals surface area contributed by atoms with E-state index in [2.05, 4.69) is 43.2 Å². The summed E-state index contributed by atoms with van der Waals surface area (Å²) in [5, 5.41) is 3.60. The van der Waals surface area contributed by atoms with Gasteiger partial charge >= 0.3 is 0 Å². The van der Waals surface area contributed by atoms with E-state index in [1.54, 1.807) is 0 Å². The highest BCUT2D eigenvalue weighted by atomic mass is 35.5. The number of ether oxygens (including phenoxy) is 1. The number of quaternary nitrogens is 1. The molecule has 1 aliphatic rings. The molecule has 2 N–H and O–H groups in total. The number of nitrogens with zero attached hydrogens (tertiary/aromatic N) is 1. The molecule has 0 radical (unpaired) electrons. The molecule has 0 bridgehead atoms. The third kappa shape index (κ3) is 5.64. The lowest BCUT2D eigenvalue weighted by Gasteiger charge is -2.33. The lowest BCUT2D eigenvalue weighted by molar-refractivity contribution is -0.880. The van der Waals surface area contributed by atoms with E-state index in [9.17, 15) is 4.79 Å². The minimum Gasteiger partial charge on any atom is -0.483 e. The third-order valence-corrected chi connectivity index (χ3v) is 5.58. The first kappa shape index (κ1) is 21.5. The SMILES string of the molecule is Cc1ccc(C(C)C)c(OCC(=O)Nc2cc(Cl)ccc2N2CC[NH+](C)CC2)c1. The third-order valence-electron chi connectivity index (χ3n) is 5.34. The van der Waals surface area contributed by atoms with E-state index in [0.717, 1.165) is 54.4 Å². The summed E-state index contributed by atoms with van der Waals surface area (Å²) < 4.78 is 5.88. The fourth-order valence-electron chi connectivity index (χ4n) is 3.59. The first-order valence-electron chi connectivity index (χ1n) is 10.2. The number of nitrogens with one attached hydrogen (secondary N) is 2. The monoisotopic (exact) mass is 416 g/mol. The number of carbonyl (C=O) groups is 1. The fraction of sp³-hybridized carbons (Fsp3) is 0.435. The molecule has 0 unspecified atom stereocenters. The maximum absolute atomic E-state index is 12.6. The summed E-state index contributed by atoms with van der Waals surface area (Å²) in [6.45, 7) is 10.3. The summed E-state index contributed by atoms with van der Waals surface area (Å²) in [6, 6.07) is 11.8. The van der Waals surface area contributed by atoms with E-state index in [4.69, 9.17) is 16.3 Å². The van der Waals surface area contributed by atoms with Gasteiger partial charge in [0, 0.05) is 5.02 Å². The Hall–Kier alpha value is -2.24. The van der Waals surface area contributed by atoms with Crippen molar-refractivity contribution in [1.82, 2.24) is 0 Å². The molecule has 1 heterocycles. The molecule has 29 heavy (non-hydrogen) atoms. The van der Waals surface area contributed by atoms with Crippen molar-refractivity contribution in [3.63, 3.8) is 0 Å². The van der Waals surface area contributed by atoms with Crippen LogP contribution in [0, 0.1) is 6.92 Å². The van der Waals surface area contributed by atoms with Crippen LogP contribution in [0.1, 0.15) is 30.9 Å². The second-order valence-corrected chi connectivity index (χ2v) is 8.57. The number of benzene rings is 2.